The Kier molecular flexibility index (Phi) is 3.19. The van der Waals surface area contributed by atoms with E-state index >= 15 is 0 Å². The maximum Gasteiger partial charge on any atom is 0.255 e. The number of carbonyl (C=O) groups excluding carboxylic acids is 1. The van der Waals surface area contributed by atoms with Gasteiger partial charge in [-0.05, 0) is 12.1 Å². The van der Waals surface area contributed by atoms with Gasteiger partial charge in [-0.25, -0.2) is 0 Å². The van der Waals surface area contributed by atoms with Crippen LogP contribution in [-0.4, -0.2) is 28.3 Å². The van der Waals surface area contributed by atoms with Crippen molar-refractivity contribution in [2.75, 3.05) is 12.5 Å². The summed E-state index contributed by atoms with van der Waals surface area (Å²) in [6.45, 7) is 0. The van der Waals surface area contributed by atoms with Crippen LogP contribution in [0.5, 0.6) is 0 Å². The Balaban J connectivity index is 2.56. The molecule has 16 heavy (non-hydrogen) atoms. The lowest BCUT2D eigenvalue weighted by molar-refractivity contribution is 0.0823. The highest BCUT2D eigenvalue weighted by atomic mass is 79.9. The van der Waals surface area contributed by atoms with Gasteiger partial charge in [0, 0.05) is 18.6 Å². The number of aromatic nitrogens is 1. The third-order valence-electron chi connectivity index (χ3n) is 2.41. The Morgan fingerprint density at radius 3 is 2.88 bits per heavy atom. The molecule has 0 spiro atoms. The van der Waals surface area contributed by atoms with Gasteiger partial charge in [0.1, 0.15) is 0 Å². The topological polar surface area (TPSA) is 33.2 Å². The fourth-order valence-electron chi connectivity index (χ4n) is 1.54. The molecule has 1 aromatic carbocycles. The molecule has 82 valence electrons. The zero-order valence-corrected chi connectivity index (χ0v) is 10.4. The third kappa shape index (κ3) is 1.93. The first-order valence-electron chi connectivity index (χ1n) is 4.89. The van der Waals surface area contributed by atoms with E-state index in [0.717, 1.165) is 10.9 Å². The van der Waals surface area contributed by atoms with Crippen LogP contribution in [0.2, 0.25) is 0 Å². The number of amides is 1. The number of benzene rings is 1. The summed E-state index contributed by atoms with van der Waals surface area (Å²) in [5, 5.41) is 0.891. The molecule has 0 aliphatic rings. The number of fused-ring (bicyclic) bond motifs is 1. The van der Waals surface area contributed by atoms with Crippen molar-refractivity contribution in [3.63, 3.8) is 0 Å². The van der Waals surface area contributed by atoms with Gasteiger partial charge in [0.2, 0.25) is 0 Å². The van der Waals surface area contributed by atoms with Crippen LogP contribution in [0.25, 0.3) is 10.9 Å². The number of hydrogen-bond donors (Lipinski definition) is 0. The maximum absolute atomic E-state index is 12.1. The molecule has 0 bridgehead atoms. The molecular weight excluding hydrogens is 268 g/mol. The van der Waals surface area contributed by atoms with Gasteiger partial charge >= 0.3 is 0 Å². The van der Waals surface area contributed by atoms with Crippen LogP contribution in [0.3, 0.4) is 0 Å². The van der Waals surface area contributed by atoms with Crippen molar-refractivity contribution in [3.05, 3.63) is 42.1 Å². The second-order valence-corrected chi connectivity index (χ2v) is 4.00. The SMILES string of the molecule is CN(CBr)C(=O)c1ccnc2ccccc12. The van der Waals surface area contributed by atoms with E-state index in [2.05, 4.69) is 20.9 Å². The summed E-state index contributed by atoms with van der Waals surface area (Å²) in [5.41, 5.74) is 2.05. The van der Waals surface area contributed by atoms with E-state index < -0.39 is 0 Å². The van der Waals surface area contributed by atoms with Gasteiger partial charge in [-0.1, -0.05) is 34.1 Å². The predicted octanol–water partition coefficient (Wildman–Crippen LogP) is 2.66. The van der Waals surface area contributed by atoms with Crippen molar-refractivity contribution in [1.29, 1.82) is 0 Å². The van der Waals surface area contributed by atoms with Crippen LogP contribution in [0.1, 0.15) is 10.4 Å². The minimum atomic E-state index is -0.00419. The fourth-order valence-corrected chi connectivity index (χ4v) is 1.77. The number of halogens is 1. The quantitative estimate of drug-likeness (QED) is 0.625. The Hall–Kier alpha value is -1.42. The summed E-state index contributed by atoms with van der Waals surface area (Å²) in [5.74, 6) is -0.00419. The number of nitrogens with zero attached hydrogens (tertiary/aromatic N) is 2. The van der Waals surface area contributed by atoms with Gasteiger partial charge in [0.15, 0.2) is 0 Å². The average molecular weight is 279 g/mol. The molecule has 3 nitrogen and oxygen atoms in total. The van der Waals surface area contributed by atoms with Crippen LogP contribution in [0.15, 0.2) is 36.5 Å². The number of hydrogen-bond acceptors (Lipinski definition) is 2. The van der Waals surface area contributed by atoms with E-state index in [1.165, 1.54) is 0 Å². The van der Waals surface area contributed by atoms with E-state index in [9.17, 15) is 4.79 Å². The maximum atomic E-state index is 12.1. The number of pyridine rings is 1. The van der Waals surface area contributed by atoms with Gasteiger partial charge in [-0.2, -0.15) is 0 Å². The molecule has 0 saturated heterocycles. The van der Waals surface area contributed by atoms with Crippen LogP contribution in [-0.2, 0) is 0 Å². The number of alkyl halides is 1. The molecule has 2 rings (SSSR count). The van der Waals surface area contributed by atoms with Crippen molar-refractivity contribution in [2.24, 2.45) is 0 Å². The van der Waals surface area contributed by atoms with Crippen molar-refractivity contribution in [2.45, 2.75) is 0 Å². The Labute approximate surface area is 102 Å². The fraction of sp³-hybridized carbons (Fsp3) is 0.167. The molecule has 2 aromatic rings. The normalized spacial score (nSPS) is 10.4. The van der Waals surface area contributed by atoms with E-state index in [4.69, 9.17) is 0 Å². The molecule has 1 amide bonds. The van der Waals surface area contributed by atoms with E-state index in [0.29, 0.717) is 11.0 Å². The van der Waals surface area contributed by atoms with E-state index in [1.807, 2.05) is 24.3 Å². The zero-order valence-electron chi connectivity index (χ0n) is 8.85. The molecule has 0 unspecified atom stereocenters. The lowest BCUT2D eigenvalue weighted by Gasteiger charge is -2.14. The molecule has 0 fully saturated rings. The summed E-state index contributed by atoms with van der Waals surface area (Å²) in [4.78, 5) is 17.9. The van der Waals surface area contributed by atoms with Gasteiger partial charge < -0.3 is 4.90 Å². The molecule has 1 aromatic heterocycles. The monoisotopic (exact) mass is 278 g/mol. The molecule has 0 N–H and O–H groups in total. The Morgan fingerprint density at radius 1 is 1.38 bits per heavy atom. The van der Waals surface area contributed by atoms with Gasteiger partial charge in [0.25, 0.3) is 5.91 Å². The minimum Gasteiger partial charge on any atom is -0.332 e. The number of para-hydroxylation sites is 1. The highest BCUT2D eigenvalue weighted by Gasteiger charge is 2.13. The summed E-state index contributed by atoms with van der Waals surface area (Å²) in [7, 11) is 1.76. The third-order valence-corrected chi connectivity index (χ3v) is 3.16. The first kappa shape index (κ1) is 11.1. The molecule has 0 aliphatic heterocycles. The highest BCUT2D eigenvalue weighted by molar-refractivity contribution is 9.09. The first-order chi connectivity index (χ1) is 7.74. The molecule has 0 aliphatic carbocycles. The predicted molar refractivity (Wildman–Crippen MR) is 67.6 cm³/mol. The van der Waals surface area contributed by atoms with Crippen molar-refractivity contribution < 1.29 is 4.79 Å². The highest BCUT2D eigenvalue weighted by Crippen LogP contribution is 2.17. The molecule has 1 heterocycles. The first-order valence-corrected chi connectivity index (χ1v) is 6.01. The second kappa shape index (κ2) is 4.61. The minimum absolute atomic E-state index is 0.00419. The number of rotatable bonds is 2. The summed E-state index contributed by atoms with van der Waals surface area (Å²) < 4.78 is 0. The standard InChI is InChI=1S/C12H11BrN2O/c1-15(8-13)12(16)10-6-7-14-11-5-3-2-4-9(10)11/h2-7H,8H2,1H3. The van der Waals surface area contributed by atoms with E-state index in [-0.39, 0.29) is 5.91 Å². The van der Waals surface area contributed by atoms with Gasteiger partial charge in [-0.3, -0.25) is 9.78 Å². The van der Waals surface area contributed by atoms with Crippen LogP contribution in [0.4, 0.5) is 0 Å². The molecule has 0 saturated carbocycles. The van der Waals surface area contributed by atoms with Crippen LogP contribution >= 0.6 is 15.9 Å². The van der Waals surface area contributed by atoms with E-state index in [1.54, 1.807) is 24.2 Å². The number of carbonyl (C=O) groups is 1. The van der Waals surface area contributed by atoms with Crippen LogP contribution in [0, 0.1) is 0 Å². The summed E-state index contributed by atoms with van der Waals surface area (Å²) in [6.07, 6.45) is 1.66. The molecule has 0 atom stereocenters. The molecular formula is C12H11BrN2O. The average Bonchev–Trinajstić information content (AvgIpc) is 2.36. The lowest BCUT2D eigenvalue weighted by Crippen LogP contribution is -2.25. The summed E-state index contributed by atoms with van der Waals surface area (Å²) >= 11 is 3.27. The van der Waals surface area contributed by atoms with Crippen LogP contribution < -0.4 is 0 Å². The molecule has 0 radical (unpaired) electrons. The van der Waals surface area contributed by atoms with Gasteiger partial charge in [-0.15, -0.1) is 0 Å². The smallest absolute Gasteiger partial charge is 0.255 e. The Morgan fingerprint density at radius 2 is 2.12 bits per heavy atom. The summed E-state index contributed by atoms with van der Waals surface area (Å²) in [6, 6.07) is 9.40. The second-order valence-electron chi connectivity index (χ2n) is 3.50. The Bertz CT molecular complexity index is 522. The van der Waals surface area contributed by atoms with Crippen molar-refractivity contribution in [1.82, 2.24) is 9.88 Å². The zero-order chi connectivity index (χ0) is 11.5. The van der Waals surface area contributed by atoms with Gasteiger partial charge in [0.05, 0.1) is 16.5 Å². The largest absolute Gasteiger partial charge is 0.332 e. The lowest BCUT2D eigenvalue weighted by atomic mass is 10.1. The molecule has 4 heteroatoms. The van der Waals surface area contributed by atoms with Crippen molar-refractivity contribution >= 4 is 32.7 Å². The van der Waals surface area contributed by atoms with Crippen molar-refractivity contribution in [3.8, 4) is 0 Å².